The molecule has 23 heavy (non-hydrogen) atoms. The summed E-state index contributed by atoms with van der Waals surface area (Å²) < 4.78 is 0. The third-order valence-corrected chi connectivity index (χ3v) is 4.78. The molecule has 3 aromatic rings. The summed E-state index contributed by atoms with van der Waals surface area (Å²) in [6.45, 7) is 0. The van der Waals surface area contributed by atoms with Crippen LogP contribution in [-0.4, -0.2) is 22.9 Å². The first kappa shape index (κ1) is 16.0. The van der Waals surface area contributed by atoms with Gasteiger partial charge in [0.15, 0.2) is 0 Å². The minimum absolute atomic E-state index is 0.170. The number of hydrogen-bond acceptors (Lipinski definition) is 5. The fourth-order valence-corrected chi connectivity index (χ4v) is 3.76. The van der Waals surface area contributed by atoms with Gasteiger partial charge >= 0.3 is 0 Å². The average Bonchev–Trinajstić information content (AvgIpc) is 2.87. The van der Waals surface area contributed by atoms with Crippen LogP contribution >= 0.6 is 34.5 Å². The van der Waals surface area contributed by atoms with Crippen molar-refractivity contribution in [3.63, 3.8) is 0 Å². The van der Waals surface area contributed by atoms with Crippen LogP contribution in [0.15, 0.2) is 24.3 Å². The van der Waals surface area contributed by atoms with Crippen LogP contribution < -0.4 is 11.1 Å². The summed E-state index contributed by atoms with van der Waals surface area (Å²) in [7, 11) is 1.74. The van der Waals surface area contributed by atoms with E-state index >= 15 is 0 Å². The molecule has 3 rings (SSSR count). The molecule has 5 nitrogen and oxygen atoms in total. The second kappa shape index (κ2) is 6.31. The molecule has 0 saturated carbocycles. The van der Waals surface area contributed by atoms with E-state index in [9.17, 15) is 4.79 Å². The van der Waals surface area contributed by atoms with Crippen molar-refractivity contribution in [3.8, 4) is 11.3 Å². The quantitative estimate of drug-likeness (QED) is 0.736. The first-order valence-electron chi connectivity index (χ1n) is 6.70. The molecule has 3 N–H and O–H groups in total. The van der Waals surface area contributed by atoms with Gasteiger partial charge in [-0.1, -0.05) is 23.2 Å². The molecule has 0 atom stereocenters. The van der Waals surface area contributed by atoms with Crippen molar-refractivity contribution in [3.05, 3.63) is 39.2 Å². The van der Waals surface area contributed by atoms with Gasteiger partial charge in [-0.25, -0.2) is 9.97 Å². The van der Waals surface area contributed by atoms with E-state index in [1.807, 2.05) is 12.1 Å². The standard InChI is InChI=1S/C15H12Cl2N4OS/c1-19-15-20-13(9-3-2-7(16)4-11(9)17)10-5-8(6-12(18)22)23-14(10)21-15/h2-5H,6H2,1H3,(H2,18,22)(H,19,20,21). The second-order valence-corrected chi connectivity index (χ2v) is 6.80. The smallest absolute Gasteiger partial charge is 0.224 e. The Bertz CT molecular complexity index is 910. The van der Waals surface area contributed by atoms with E-state index < -0.39 is 0 Å². The molecule has 0 aliphatic heterocycles. The van der Waals surface area contributed by atoms with E-state index in [1.165, 1.54) is 11.3 Å². The zero-order valence-electron chi connectivity index (χ0n) is 12.1. The van der Waals surface area contributed by atoms with Crippen LogP contribution in [0.1, 0.15) is 4.88 Å². The molecule has 2 aromatic heterocycles. The zero-order valence-corrected chi connectivity index (χ0v) is 14.4. The summed E-state index contributed by atoms with van der Waals surface area (Å²) in [6.07, 6.45) is 0.170. The lowest BCUT2D eigenvalue weighted by Gasteiger charge is -2.07. The summed E-state index contributed by atoms with van der Waals surface area (Å²) >= 11 is 13.7. The Labute approximate surface area is 146 Å². The molecular weight excluding hydrogens is 355 g/mol. The summed E-state index contributed by atoms with van der Waals surface area (Å²) in [5, 5.41) is 4.82. The molecule has 1 amide bonds. The molecule has 0 unspecified atom stereocenters. The number of nitrogens with zero attached hydrogens (tertiary/aromatic N) is 2. The molecular formula is C15H12Cl2N4OS. The van der Waals surface area contributed by atoms with E-state index in [4.69, 9.17) is 28.9 Å². The topological polar surface area (TPSA) is 80.9 Å². The number of hydrogen-bond donors (Lipinski definition) is 2. The lowest BCUT2D eigenvalue weighted by atomic mass is 10.1. The maximum atomic E-state index is 11.2. The second-order valence-electron chi connectivity index (χ2n) is 4.84. The Morgan fingerprint density at radius 1 is 1.30 bits per heavy atom. The number of halogens is 2. The predicted molar refractivity (Wildman–Crippen MR) is 95.3 cm³/mol. The number of fused-ring (bicyclic) bond motifs is 1. The normalized spacial score (nSPS) is 10.9. The van der Waals surface area contributed by atoms with Gasteiger partial charge in [0.2, 0.25) is 11.9 Å². The Balaban J connectivity index is 2.24. The summed E-state index contributed by atoms with van der Waals surface area (Å²) in [4.78, 5) is 21.7. The van der Waals surface area contributed by atoms with Gasteiger partial charge in [0, 0.05) is 27.9 Å². The van der Waals surface area contributed by atoms with E-state index in [1.54, 1.807) is 19.2 Å². The highest BCUT2D eigenvalue weighted by Crippen LogP contribution is 2.37. The number of benzene rings is 1. The van der Waals surface area contributed by atoms with E-state index in [2.05, 4.69) is 15.3 Å². The van der Waals surface area contributed by atoms with Gasteiger partial charge in [-0.15, -0.1) is 11.3 Å². The van der Waals surface area contributed by atoms with Gasteiger partial charge in [0.25, 0.3) is 0 Å². The Kier molecular flexibility index (Phi) is 4.39. The Morgan fingerprint density at radius 3 is 2.74 bits per heavy atom. The molecule has 0 aliphatic rings. The molecule has 0 radical (unpaired) electrons. The number of nitrogens with one attached hydrogen (secondary N) is 1. The Hall–Kier alpha value is -1.89. The van der Waals surface area contributed by atoms with Crippen LogP contribution in [-0.2, 0) is 11.2 Å². The van der Waals surface area contributed by atoms with Crippen LogP contribution in [0.4, 0.5) is 5.95 Å². The Morgan fingerprint density at radius 2 is 2.09 bits per heavy atom. The highest BCUT2D eigenvalue weighted by atomic mass is 35.5. The van der Waals surface area contributed by atoms with Crippen LogP contribution in [0.25, 0.3) is 21.5 Å². The molecule has 0 fully saturated rings. The number of carbonyl (C=O) groups excluding carboxylic acids is 1. The van der Waals surface area contributed by atoms with Gasteiger partial charge < -0.3 is 11.1 Å². The van der Waals surface area contributed by atoms with Crippen LogP contribution in [0.3, 0.4) is 0 Å². The molecule has 0 aliphatic carbocycles. The first-order valence-corrected chi connectivity index (χ1v) is 8.27. The summed E-state index contributed by atoms with van der Waals surface area (Å²) in [5.74, 6) is 0.0930. The average molecular weight is 367 g/mol. The van der Waals surface area contributed by atoms with Crippen LogP contribution in [0, 0.1) is 0 Å². The van der Waals surface area contributed by atoms with Crippen LogP contribution in [0.5, 0.6) is 0 Å². The number of nitrogens with two attached hydrogens (primary N) is 1. The molecule has 8 heteroatoms. The third-order valence-electron chi connectivity index (χ3n) is 3.20. The molecule has 1 aromatic carbocycles. The number of anilines is 1. The maximum Gasteiger partial charge on any atom is 0.224 e. The summed E-state index contributed by atoms with van der Waals surface area (Å²) in [5.41, 5.74) is 6.72. The lowest BCUT2D eigenvalue weighted by Crippen LogP contribution is -2.12. The lowest BCUT2D eigenvalue weighted by molar-refractivity contribution is -0.117. The molecule has 0 bridgehead atoms. The number of primary amides is 1. The van der Waals surface area contributed by atoms with Crippen molar-refractivity contribution in [2.24, 2.45) is 5.73 Å². The monoisotopic (exact) mass is 366 g/mol. The van der Waals surface area contributed by atoms with Crippen molar-refractivity contribution in [1.82, 2.24) is 9.97 Å². The molecule has 2 heterocycles. The number of thiophene rings is 1. The molecule has 118 valence electrons. The van der Waals surface area contributed by atoms with E-state index in [0.717, 1.165) is 20.7 Å². The van der Waals surface area contributed by atoms with Crippen molar-refractivity contribution in [1.29, 1.82) is 0 Å². The van der Waals surface area contributed by atoms with Crippen molar-refractivity contribution in [2.45, 2.75) is 6.42 Å². The van der Waals surface area contributed by atoms with Gasteiger partial charge in [-0.05, 0) is 24.3 Å². The predicted octanol–water partition coefficient (Wildman–Crippen LogP) is 3.73. The third kappa shape index (κ3) is 3.24. The number of rotatable bonds is 4. The fraction of sp³-hybridized carbons (Fsp3) is 0.133. The summed E-state index contributed by atoms with van der Waals surface area (Å²) in [6, 6.07) is 7.12. The minimum Gasteiger partial charge on any atom is -0.369 e. The SMILES string of the molecule is CNc1nc(-c2ccc(Cl)cc2Cl)c2cc(CC(N)=O)sc2n1. The highest BCUT2D eigenvalue weighted by Gasteiger charge is 2.16. The molecule has 0 spiro atoms. The van der Waals surface area contributed by atoms with Crippen LogP contribution in [0.2, 0.25) is 10.0 Å². The van der Waals surface area contributed by atoms with Gasteiger partial charge in [-0.2, -0.15) is 0 Å². The highest BCUT2D eigenvalue weighted by molar-refractivity contribution is 7.18. The van der Waals surface area contributed by atoms with E-state index in [0.29, 0.717) is 21.7 Å². The minimum atomic E-state index is -0.385. The largest absolute Gasteiger partial charge is 0.369 e. The number of amides is 1. The van der Waals surface area contributed by atoms with Crippen molar-refractivity contribution < 1.29 is 4.79 Å². The van der Waals surface area contributed by atoms with Crippen molar-refractivity contribution in [2.75, 3.05) is 12.4 Å². The number of carbonyl (C=O) groups is 1. The maximum absolute atomic E-state index is 11.2. The van der Waals surface area contributed by atoms with Gasteiger partial charge in [-0.3, -0.25) is 4.79 Å². The first-order chi connectivity index (χ1) is 11.0. The molecule has 0 saturated heterocycles. The van der Waals surface area contributed by atoms with Crippen molar-refractivity contribution >= 4 is 56.6 Å². The van der Waals surface area contributed by atoms with Gasteiger partial charge in [0.05, 0.1) is 17.1 Å². The van der Waals surface area contributed by atoms with E-state index in [-0.39, 0.29) is 12.3 Å². The fourth-order valence-electron chi connectivity index (χ4n) is 2.23. The zero-order chi connectivity index (χ0) is 16.6. The number of aromatic nitrogens is 2. The van der Waals surface area contributed by atoms with Gasteiger partial charge in [0.1, 0.15) is 4.83 Å².